The summed E-state index contributed by atoms with van der Waals surface area (Å²) in [4.78, 5) is 21.1. The Kier molecular flexibility index (Phi) is 9.49. The van der Waals surface area contributed by atoms with E-state index in [0.717, 1.165) is 25.2 Å². The molecule has 0 aromatic heterocycles. The number of carbonyl (C=O) groups is 2. The Morgan fingerprint density at radius 2 is 1.65 bits per heavy atom. The topological polar surface area (TPSA) is 58.2 Å². The molecule has 100 valence electrons. The van der Waals surface area contributed by atoms with E-state index < -0.39 is 0 Å². The van der Waals surface area contributed by atoms with E-state index >= 15 is 0 Å². The highest BCUT2D eigenvalue weighted by atomic mass is 16.2. The molecule has 0 atom stereocenters. The number of carbonyl (C=O) groups excluding carboxylic acids is 2. The van der Waals surface area contributed by atoms with Crippen molar-refractivity contribution in [2.24, 2.45) is 5.92 Å². The molecular formula is C13H26N2O2. The fourth-order valence-corrected chi connectivity index (χ4v) is 1.35. The zero-order valence-corrected chi connectivity index (χ0v) is 11.3. The van der Waals surface area contributed by atoms with Gasteiger partial charge in [-0.15, -0.1) is 0 Å². The van der Waals surface area contributed by atoms with Crippen LogP contribution in [0.3, 0.4) is 0 Å². The number of unbranched alkanes of at least 4 members (excludes halogenated alkanes) is 2. The van der Waals surface area contributed by atoms with Crippen LogP contribution in [-0.4, -0.2) is 25.9 Å². The molecule has 1 aliphatic rings. The third-order valence-corrected chi connectivity index (χ3v) is 2.74. The first-order valence-corrected chi connectivity index (χ1v) is 6.55. The lowest BCUT2D eigenvalue weighted by Gasteiger charge is -1.96. The monoisotopic (exact) mass is 242 g/mol. The summed E-state index contributed by atoms with van der Waals surface area (Å²) < 4.78 is 0. The van der Waals surface area contributed by atoms with E-state index in [1.807, 2.05) is 0 Å². The molecule has 4 nitrogen and oxygen atoms in total. The highest BCUT2D eigenvalue weighted by molar-refractivity contribution is 5.76. The van der Waals surface area contributed by atoms with Gasteiger partial charge in [-0.1, -0.05) is 19.8 Å². The molecule has 1 saturated carbocycles. The summed E-state index contributed by atoms with van der Waals surface area (Å²) in [6.45, 7) is 2.13. The summed E-state index contributed by atoms with van der Waals surface area (Å²) in [6.07, 6.45) is 7.31. The zero-order chi connectivity index (χ0) is 13.1. The summed E-state index contributed by atoms with van der Waals surface area (Å²) in [5.41, 5.74) is 0. The summed E-state index contributed by atoms with van der Waals surface area (Å²) in [5, 5.41) is 5.18. The minimum Gasteiger partial charge on any atom is -0.359 e. The largest absolute Gasteiger partial charge is 0.359 e. The van der Waals surface area contributed by atoms with Crippen LogP contribution in [-0.2, 0) is 9.59 Å². The lowest BCUT2D eigenvalue weighted by Crippen LogP contribution is -2.17. The van der Waals surface area contributed by atoms with Crippen LogP contribution in [0, 0.1) is 5.92 Å². The van der Waals surface area contributed by atoms with Crippen molar-refractivity contribution in [3.63, 3.8) is 0 Å². The van der Waals surface area contributed by atoms with Gasteiger partial charge >= 0.3 is 0 Å². The van der Waals surface area contributed by atoms with Gasteiger partial charge in [0, 0.05) is 26.9 Å². The van der Waals surface area contributed by atoms with Crippen LogP contribution in [0.5, 0.6) is 0 Å². The van der Waals surface area contributed by atoms with Gasteiger partial charge in [0.1, 0.15) is 0 Å². The van der Waals surface area contributed by atoms with Crippen molar-refractivity contribution in [2.75, 3.05) is 14.1 Å². The molecule has 2 N–H and O–H groups in total. The molecule has 0 aromatic rings. The van der Waals surface area contributed by atoms with E-state index in [9.17, 15) is 9.59 Å². The molecule has 0 aromatic carbocycles. The van der Waals surface area contributed by atoms with Crippen LogP contribution in [0.1, 0.15) is 51.9 Å². The summed E-state index contributed by atoms with van der Waals surface area (Å²) >= 11 is 0. The Morgan fingerprint density at radius 1 is 1.06 bits per heavy atom. The van der Waals surface area contributed by atoms with Gasteiger partial charge in [-0.3, -0.25) is 9.59 Å². The molecule has 0 radical (unpaired) electrons. The number of rotatable bonds is 6. The number of amides is 2. The normalized spacial score (nSPS) is 13.4. The lowest BCUT2D eigenvalue weighted by atomic mass is 10.2. The number of nitrogens with one attached hydrogen (secondary N) is 2. The van der Waals surface area contributed by atoms with E-state index in [1.54, 1.807) is 14.1 Å². The SMILES string of the molecule is CCCCCC(=O)NC.CNC(=O)CC1CC1. The second-order valence-electron chi connectivity index (χ2n) is 4.45. The molecule has 1 rings (SSSR count). The molecule has 2 amide bonds. The van der Waals surface area contributed by atoms with E-state index in [1.165, 1.54) is 19.3 Å². The first-order chi connectivity index (χ1) is 8.13. The summed E-state index contributed by atoms with van der Waals surface area (Å²) in [7, 11) is 3.36. The van der Waals surface area contributed by atoms with Crippen LogP contribution in [0.4, 0.5) is 0 Å². The maximum absolute atomic E-state index is 10.6. The molecule has 1 fully saturated rings. The second-order valence-corrected chi connectivity index (χ2v) is 4.45. The van der Waals surface area contributed by atoms with Crippen molar-refractivity contribution >= 4 is 11.8 Å². The Morgan fingerprint density at radius 3 is 2.06 bits per heavy atom. The molecule has 0 saturated heterocycles. The van der Waals surface area contributed by atoms with Crippen molar-refractivity contribution in [2.45, 2.75) is 51.9 Å². The molecule has 0 aliphatic heterocycles. The fourth-order valence-electron chi connectivity index (χ4n) is 1.35. The fraction of sp³-hybridized carbons (Fsp3) is 0.846. The van der Waals surface area contributed by atoms with Gasteiger partial charge in [0.2, 0.25) is 11.8 Å². The third-order valence-electron chi connectivity index (χ3n) is 2.74. The molecule has 0 heterocycles. The van der Waals surface area contributed by atoms with Crippen molar-refractivity contribution in [3.05, 3.63) is 0 Å². The molecule has 1 aliphatic carbocycles. The van der Waals surface area contributed by atoms with Crippen LogP contribution in [0.15, 0.2) is 0 Å². The van der Waals surface area contributed by atoms with Gasteiger partial charge in [-0.25, -0.2) is 0 Å². The molecule has 0 unspecified atom stereocenters. The molecule has 0 bridgehead atoms. The van der Waals surface area contributed by atoms with E-state index in [-0.39, 0.29) is 11.8 Å². The Balaban J connectivity index is 0.000000302. The average molecular weight is 242 g/mol. The first kappa shape index (κ1) is 15.9. The Labute approximate surface area is 105 Å². The smallest absolute Gasteiger partial charge is 0.220 e. The lowest BCUT2D eigenvalue weighted by molar-refractivity contribution is -0.121. The van der Waals surface area contributed by atoms with Crippen molar-refractivity contribution < 1.29 is 9.59 Å². The Hall–Kier alpha value is -1.06. The first-order valence-electron chi connectivity index (χ1n) is 6.55. The highest BCUT2D eigenvalue weighted by Crippen LogP contribution is 2.31. The van der Waals surface area contributed by atoms with Crippen molar-refractivity contribution in [3.8, 4) is 0 Å². The van der Waals surface area contributed by atoms with E-state index in [4.69, 9.17) is 0 Å². The number of hydrogen-bond acceptors (Lipinski definition) is 2. The van der Waals surface area contributed by atoms with Gasteiger partial charge in [0.05, 0.1) is 0 Å². The van der Waals surface area contributed by atoms with Gasteiger partial charge in [0.25, 0.3) is 0 Å². The molecule has 17 heavy (non-hydrogen) atoms. The molecular weight excluding hydrogens is 216 g/mol. The van der Waals surface area contributed by atoms with E-state index in [0.29, 0.717) is 6.42 Å². The third kappa shape index (κ3) is 11.2. The molecule has 4 heteroatoms. The van der Waals surface area contributed by atoms with Crippen molar-refractivity contribution in [1.82, 2.24) is 10.6 Å². The second kappa shape index (κ2) is 10.1. The summed E-state index contributed by atoms with van der Waals surface area (Å²) in [6, 6.07) is 0. The predicted octanol–water partition coefficient (Wildman–Crippen LogP) is 1.85. The highest BCUT2D eigenvalue weighted by Gasteiger charge is 2.23. The van der Waals surface area contributed by atoms with Gasteiger partial charge in [0.15, 0.2) is 0 Å². The van der Waals surface area contributed by atoms with Gasteiger partial charge in [-0.05, 0) is 25.2 Å². The minimum atomic E-state index is 0.156. The quantitative estimate of drug-likeness (QED) is 0.698. The predicted molar refractivity (Wildman–Crippen MR) is 69.6 cm³/mol. The van der Waals surface area contributed by atoms with Crippen LogP contribution in [0.2, 0.25) is 0 Å². The van der Waals surface area contributed by atoms with Gasteiger partial charge in [-0.2, -0.15) is 0 Å². The minimum absolute atomic E-state index is 0.156. The van der Waals surface area contributed by atoms with Gasteiger partial charge < -0.3 is 10.6 Å². The molecule has 0 spiro atoms. The maximum Gasteiger partial charge on any atom is 0.220 e. The zero-order valence-electron chi connectivity index (χ0n) is 11.3. The van der Waals surface area contributed by atoms with Crippen LogP contribution < -0.4 is 10.6 Å². The summed E-state index contributed by atoms with van der Waals surface area (Å²) in [5.74, 6) is 1.06. The Bertz CT molecular complexity index is 225. The van der Waals surface area contributed by atoms with Crippen LogP contribution >= 0.6 is 0 Å². The standard InChI is InChI=1S/C7H15NO.C6H11NO/c1-3-4-5-6-7(9)8-2;1-7-6(8)4-5-2-3-5/h3-6H2,1-2H3,(H,8,9);5H,2-4H2,1H3,(H,7,8). The van der Waals surface area contributed by atoms with Crippen molar-refractivity contribution in [1.29, 1.82) is 0 Å². The van der Waals surface area contributed by atoms with Crippen LogP contribution in [0.25, 0.3) is 0 Å². The van der Waals surface area contributed by atoms with E-state index in [2.05, 4.69) is 17.6 Å². The number of hydrogen-bond donors (Lipinski definition) is 2. The maximum atomic E-state index is 10.6. The average Bonchev–Trinajstić information content (AvgIpc) is 3.13.